The van der Waals surface area contributed by atoms with Crippen molar-refractivity contribution in [2.45, 2.75) is 25.7 Å². The standard InChI is InChI=1S/C8H16F4N2/c1-2-13-4-3-5-14-6-8(11,12)7(9)10/h7,13-14H,2-6H2,1H3. The minimum Gasteiger partial charge on any atom is -0.317 e. The Labute approximate surface area is 81.1 Å². The van der Waals surface area contributed by atoms with Crippen molar-refractivity contribution in [2.24, 2.45) is 0 Å². The predicted molar refractivity (Wildman–Crippen MR) is 47.0 cm³/mol. The molecule has 0 fully saturated rings. The van der Waals surface area contributed by atoms with Gasteiger partial charge >= 0.3 is 12.3 Å². The van der Waals surface area contributed by atoms with Gasteiger partial charge in [-0.2, -0.15) is 8.78 Å². The number of halogens is 4. The van der Waals surface area contributed by atoms with Gasteiger partial charge in [-0.05, 0) is 26.1 Å². The summed E-state index contributed by atoms with van der Waals surface area (Å²) in [5, 5.41) is 5.29. The molecule has 0 amide bonds. The molecule has 2 N–H and O–H groups in total. The van der Waals surface area contributed by atoms with Crippen LogP contribution in [-0.4, -0.2) is 38.5 Å². The lowest BCUT2D eigenvalue weighted by atomic mass is 10.3. The molecule has 0 aromatic rings. The molecule has 0 spiro atoms. The van der Waals surface area contributed by atoms with E-state index in [1.165, 1.54) is 0 Å². The van der Waals surface area contributed by atoms with E-state index in [4.69, 9.17) is 0 Å². The average molecular weight is 216 g/mol. The minimum atomic E-state index is -3.92. The summed E-state index contributed by atoms with van der Waals surface area (Å²) >= 11 is 0. The zero-order valence-electron chi connectivity index (χ0n) is 8.12. The fourth-order valence-electron chi connectivity index (χ4n) is 0.847. The Kier molecular flexibility index (Phi) is 6.82. The summed E-state index contributed by atoms with van der Waals surface area (Å²) in [7, 11) is 0. The van der Waals surface area contributed by atoms with Gasteiger partial charge in [0.15, 0.2) is 0 Å². The largest absolute Gasteiger partial charge is 0.319 e. The molecule has 0 radical (unpaired) electrons. The highest BCUT2D eigenvalue weighted by Gasteiger charge is 2.39. The second-order valence-electron chi connectivity index (χ2n) is 2.95. The van der Waals surface area contributed by atoms with Crippen molar-refractivity contribution in [3.05, 3.63) is 0 Å². The predicted octanol–water partition coefficient (Wildman–Crippen LogP) is 1.48. The summed E-state index contributed by atoms with van der Waals surface area (Å²) in [6, 6.07) is 0. The monoisotopic (exact) mass is 216 g/mol. The minimum absolute atomic E-state index is 0.315. The summed E-state index contributed by atoms with van der Waals surface area (Å²) in [6.07, 6.45) is -2.95. The van der Waals surface area contributed by atoms with Gasteiger partial charge in [0.1, 0.15) is 0 Å². The zero-order chi connectivity index (χ0) is 11.0. The van der Waals surface area contributed by atoms with Gasteiger partial charge in [0.05, 0.1) is 6.54 Å². The second-order valence-corrected chi connectivity index (χ2v) is 2.95. The van der Waals surface area contributed by atoms with Crippen LogP contribution in [0.4, 0.5) is 17.6 Å². The van der Waals surface area contributed by atoms with E-state index in [-0.39, 0.29) is 0 Å². The Balaban J connectivity index is 3.35. The van der Waals surface area contributed by atoms with Crippen molar-refractivity contribution >= 4 is 0 Å². The summed E-state index contributed by atoms with van der Waals surface area (Å²) in [5.74, 6) is -3.92. The number of alkyl halides is 4. The van der Waals surface area contributed by atoms with Gasteiger partial charge in [0, 0.05) is 0 Å². The van der Waals surface area contributed by atoms with E-state index in [2.05, 4.69) is 10.6 Å². The van der Waals surface area contributed by atoms with Gasteiger partial charge in [0.25, 0.3) is 0 Å². The van der Waals surface area contributed by atoms with Crippen LogP contribution in [0.5, 0.6) is 0 Å². The molecule has 2 nitrogen and oxygen atoms in total. The number of hydrogen-bond acceptors (Lipinski definition) is 2. The van der Waals surface area contributed by atoms with Crippen LogP contribution in [0.25, 0.3) is 0 Å². The van der Waals surface area contributed by atoms with E-state index < -0.39 is 18.9 Å². The van der Waals surface area contributed by atoms with Crippen molar-refractivity contribution in [1.82, 2.24) is 10.6 Å². The summed E-state index contributed by atoms with van der Waals surface area (Å²) < 4.78 is 47.9. The summed E-state index contributed by atoms with van der Waals surface area (Å²) in [4.78, 5) is 0. The normalized spacial score (nSPS) is 12.4. The zero-order valence-corrected chi connectivity index (χ0v) is 8.12. The first-order valence-corrected chi connectivity index (χ1v) is 4.58. The molecule has 0 saturated heterocycles. The molecule has 0 unspecified atom stereocenters. The Morgan fingerprint density at radius 3 is 2.21 bits per heavy atom. The molecule has 0 aromatic heterocycles. The van der Waals surface area contributed by atoms with Crippen LogP contribution in [0, 0.1) is 0 Å². The molecule has 6 heteroatoms. The third kappa shape index (κ3) is 6.15. The molecule has 0 saturated carbocycles. The molecule has 0 bridgehead atoms. The summed E-state index contributed by atoms with van der Waals surface area (Å²) in [5.41, 5.74) is 0. The molecule has 86 valence electrons. The van der Waals surface area contributed by atoms with Gasteiger partial charge in [-0.1, -0.05) is 6.92 Å². The topological polar surface area (TPSA) is 24.1 Å². The van der Waals surface area contributed by atoms with Gasteiger partial charge in [-0.3, -0.25) is 0 Å². The fraction of sp³-hybridized carbons (Fsp3) is 1.00. The first-order valence-electron chi connectivity index (χ1n) is 4.58. The number of hydrogen-bond donors (Lipinski definition) is 2. The molecule has 0 aliphatic carbocycles. The second kappa shape index (κ2) is 7.00. The number of rotatable bonds is 8. The molecular weight excluding hydrogens is 200 g/mol. The van der Waals surface area contributed by atoms with Crippen LogP contribution in [-0.2, 0) is 0 Å². The van der Waals surface area contributed by atoms with E-state index in [9.17, 15) is 17.6 Å². The maximum absolute atomic E-state index is 12.3. The quantitative estimate of drug-likeness (QED) is 0.474. The van der Waals surface area contributed by atoms with Crippen LogP contribution in [0.1, 0.15) is 13.3 Å². The van der Waals surface area contributed by atoms with Crippen molar-refractivity contribution < 1.29 is 17.6 Å². The van der Waals surface area contributed by atoms with Gasteiger partial charge in [-0.25, -0.2) is 8.78 Å². The molecule has 0 aliphatic heterocycles. The Hall–Kier alpha value is -0.360. The van der Waals surface area contributed by atoms with E-state index in [1.807, 2.05) is 6.92 Å². The highest BCUT2D eigenvalue weighted by molar-refractivity contribution is 4.71. The first kappa shape index (κ1) is 13.6. The van der Waals surface area contributed by atoms with Gasteiger partial charge in [-0.15, -0.1) is 0 Å². The Bertz CT molecular complexity index is 141. The smallest absolute Gasteiger partial charge is 0.317 e. The SMILES string of the molecule is CCNCCCNCC(F)(F)C(F)F. The third-order valence-electron chi connectivity index (χ3n) is 1.64. The van der Waals surface area contributed by atoms with Crippen LogP contribution in [0.2, 0.25) is 0 Å². The van der Waals surface area contributed by atoms with Crippen LogP contribution < -0.4 is 10.6 Å². The molecular formula is C8H16F4N2. The molecule has 0 rings (SSSR count). The number of nitrogens with one attached hydrogen (secondary N) is 2. The molecule has 0 atom stereocenters. The van der Waals surface area contributed by atoms with Gasteiger partial charge in [0.2, 0.25) is 0 Å². The van der Waals surface area contributed by atoms with Crippen molar-refractivity contribution in [3.8, 4) is 0 Å². The maximum Gasteiger partial charge on any atom is 0.319 e. The van der Waals surface area contributed by atoms with E-state index in [1.54, 1.807) is 0 Å². The average Bonchev–Trinajstić information content (AvgIpc) is 2.10. The lowest BCUT2D eigenvalue weighted by Gasteiger charge is -2.15. The fourth-order valence-corrected chi connectivity index (χ4v) is 0.847. The Morgan fingerprint density at radius 1 is 1.14 bits per heavy atom. The maximum atomic E-state index is 12.3. The molecule has 0 aliphatic rings. The lowest BCUT2D eigenvalue weighted by molar-refractivity contribution is -0.125. The first-order chi connectivity index (χ1) is 6.50. The Morgan fingerprint density at radius 2 is 1.71 bits per heavy atom. The highest BCUT2D eigenvalue weighted by atomic mass is 19.3. The summed E-state index contributed by atoms with van der Waals surface area (Å²) in [6.45, 7) is 2.79. The third-order valence-corrected chi connectivity index (χ3v) is 1.64. The van der Waals surface area contributed by atoms with Crippen LogP contribution >= 0.6 is 0 Å². The van der Waals surface area contributed by atoms with Crippen molar-refractivity contribution in [1.29, 1.82) is 0 Å². The molecule has 0 heterocycles. The van der Waals surface area contributed by atoms with E-state index >= 15 is 0 Å². The molecule has 0 aromatic carbocycles. The van der Waals surface area contributed by atoms with E-state index in [0.717, 1.165) is 6.54 Å². The van der Waals surface area contributed by atoms with Crippen LogP contribution in [0.15, 0.2) is 0 Å². The van der Waals surface area contributed by atoms with Crippen molar-refractivity contribution in [2.75, 3.05) is 26.2 Å². The highest BCUT2D eigenvalue weighted by Crippen LogP contribution is 2.21. The van der Waals surface area contributed by atoms with Gasteiger partial charge < -0.3 is 10.6 Å². The van der Waals surface area contributed by atoms with Crippen LogP contribution in [0.3, 0.4) is 0 Å². The van der Waals surface area contributed by atoms with Crippen molar-refractivity contribution in [3.63, 3.8) is 0 Å². The van der Waals surface area contributed by atoms with E-state index in [0.29, 0.717) is 19.5 Å². The lowest BCUT2D eigenvalue weighted by Crippen LogP contribution is -2.39. The molecule has 14 heavy (non-hydrogen) atoms.